The Kier molecular flexibility index (Phi) is 5.75. The Morgan fingerprint density at radius 2 is 0.912 bits per heavy atom. The van der Waals surface area contributed by atoms with Gasteiger partial charge in [-0.3, -0.25) is 0 Å². The molecule has 166 valence electrons. The van der Waals surface area contributed by atoms with Crippen molar-refractivity contribution in [2.75, 3.05) is 0 Å². The third-order valence-electron chi connectivity index (χ3n) is 6.10. The molecule has 0 aliphatic heterocycles. The molecule has 0 aliphatic carbocycles. The average molecular weight is 445 g/mol. The lowest BCUT2D eigenvalue weighted by molar-refractivity contribution is 0.474. The van der Waals surface area contributed by atoms with Gasteiger partial charge in [-0.05, 0) is 75.3 Å². The Morgan fingerprint density at radius 3 is 1.50 bits per heavy atom. The van der Waals surface area contributed by atoms with E-state index in [1.807, 2.05) is 54.6 Å². The normalized spacial score (nSPS) is 11.8. The fourth-order valence-electron chi connectivity index (χ4n) is 4.51. The van der Waals surface area contributed by atoms with Crippen molar-refractivity contribution >= 4 is 0 Å². The van der Waals surface area contributed by atoms with Crippen molar-refractivity contribution in [1.29, 1.82) is 0 Å². The largest absolute Gasteiger partial charge is 0.508 e. The molecule has 0 aliphatic rings. The minimum absolute atomic E-state index is 0.0809. The number of hydrogen-bond donors (Lipinski definition) is 3. The van der Waals surface area contributed by atoms with Gasteiger partial charge in [0.15, 0.2) is 0 Å². The van der Waals surface area contributed by atoms with Gasteiger partial charge in [0.25, 0.3) is 0 Å². The van der Waals surface area contributed by atoms with Gasteiger partial charge in [0.2, 0.25) is 0 Å². The fourth-order valence-corrected chi connectivity index (χ4v) is 4.51. The number of phenolic OH excluding ortho intramolecular Hbond substituents is 3. The maximum Gasteiger partial charge on any atom is 0.115 e. The first-order valence-corrected chi connectivity index (χ1v) is 11.2. The van der Waals surface area contributed by atoms with E-state index >= 15 is 0 Å². The topological polar surface area (TPSA) is 60.7 Å². The summed E-state index contributed by atoms with van der Waals surface area (Å²) in [4.78, 5) is 0. The Labute approximate surface area is 198 Å². The van der Waals surface area contributed by atoms with Crippen molar-refractivity contribution in [3.63, 3.8) is 0 Å². The van der Waals surface area contributed by atoms with Crippen molar-refractivity contribution in [3.05, 3.63) is 138 Å². The highest BCUT2D eigenvalue weighted by Crippen LogP contribution is 2.43. The maximum atomic E-state index is 9.93. The van der Waals surface area contributed by atoms with Gasteiger partial charge in [-0.25, -0.2) is 0 Å². The number of aromatic hydroxyl groups is 3. The van der Waals surface area contributed by atoms with Gasteiger partial charge in [-0.2, -0.15) is 0 Å². The van der Waals surface area contributed by atoms with Crippen LogP contribution in [0.4, 0.5) is 0 Å². The maximum absolute atomic E-state index is 9.93. The molecule has 1 unspecified atom stereocenters. The molecule has 0 saturated carbocycles. The van der Waals surface area contributed by atoms with E-state index in [-0.39, 0.29) is 23.2 Å². The predicted molar refractivity (Wildman–Crippen MR) is 136 cm³/mol. The average Bonchev–Trinajstić information content (AvgIpc) is 2.87. The molecule has 0 fully saturated rings. The van der Waals surface area contributed by atoms with Crippen LogP contribution in [0, 0.1) is 0 Å². The van der Waals surface area contributed by atoms with E-state index in [1.54, 1.807) is 36.4 Å². The van der Waals surface area contributed by atoms with E-state index in [4.69, 9.17) is 0 Å². The SMILES string of the molecule is Oc1ccc(-c2cccc(C(c3ccccc3)c3ccc(O)cc3)c2-c2ccc(O)cc2)cc1. The second-order valence-corrected chi connectivity index (χ2v) is 8.30. The monoisotopic (exact) mass is 444 g/mol. The van der Waals surface area contributed by atoms with Crippen LogP contribution >= 0.6 is 0 Å². The summed E-state index contributed by atoms with van der Waals surface area (Å²) in [6.45, 7) is 0. The lowest BCUT2D eigenvalue weighted by Crippen LogP contribution is -2.06. The van der Waals surface area contributed by atoms with Crippen LogP contribution in [0.2, 0.25) is 0 Å². The highest BCUT2D eigenvalue weighted by Gasteiger charge is 2.23. The first kappa shape index (κ1) is 21.4. The zero-order chi connectivity index (χ0) is 23.5. The quantitative estimate of drug-likeness (QED) is 0.249. The minimum Gasteiger partial charge on any atom is -0.508 e. The van der Waals surface area contributed by atoms with Crippen molar-refractivity contribution in [2.24, 2.45) is 0 Å². The van der Waals surface area contributed by atoms with Gasteiger partial charge in [0.1, 0.15) is 17.2 Å². The van der Waals surface area contributed by atoms with E-state index in [1.165, 1.54) is 0 Å². The third kappa shape index (κ3) is 4.24. The van der Waals surface area contributed by atoms with Crippen molar-refractivity contribution in [2.45, 2.75) is 5.92 Å². The molecule has 0 saturated heterocycles. The van der Waals surface area contributed by atoms with Gasteiger partial charge in [0, 0.05) is 5.92 Å². The smallest absolute Gasteiger partial charge is 0.115 e. The van der Waals surface area contributed by atoms with Crippen LogP contribution in [-0.4, -0.2) is 15.3 Å². The molecule has 0 aromatic heterocycles. The number of phenols is 3. The summed E-state index contributed by atoms with van der Waals surface area (Å²) in [6, 6.07) is 38.4. The summed E-state index contributed by atoms with van der Waals surface area (Å²) in [5.74, 6) is 0.581. The predicted octanol–water partition coefficient (Wildman–Crippen LogP) is 7.32. The van der Waals surface area contributed by atoms with Crippen molar-refractivity contribution in [1.82, 2.24) is 0 Å². The summed E-state index contributed by atoms with van der Waals surface area (Å²) in [6.07, 6.45) is 0. The Bertz CT molecular complexity index is 1390. The summed E-state index contributed by atoms with van der Waals surface area (Å²) in [5, 5.41) is 29.7. The molecule has 0 amide bonds. The van der Waals surface area contributed by atoms with Crippen LogP contribution < -0.4 is 0 Å². The first-order chi connectivity index (χ1) is 16.6. The van der Waals surface area contributed by atoms with E-state index in [0.717, 1.165) is 38.9 Å². The lowest BCUT2D eigenvalue weighted by Gasteiger charge is -2.24. The summed E-state index contributed by atoms with van der Waals surface area (Å²) in [5.41, 5.74) is 7.35. The molecule has 3 heteroatoms. The zero-order valence-corrected chi connectivity index (χ0v) is 18.5. The van der Waals surface area contributed by atoms with E-state index in [9.17, 15) is 15.3 Å². The van der Waals surface area contributed by atoms with E-state index in [2.05, 4.69) is 30.3 Å². The van der Waals surface area contributed by atoms with Crippen LogP contribution in [0.3, 0.4) is 0 Å². The summed E-state index contributed by atoms with van der Waals surface area (Å²) < 4.78 is 0. The van der Waals surface area contributed by atoms with Gasteiger partial charge < -0.3 is 15.3 Å². The Hall–Kier alpha value is -4.50. The molecular weight excluding hydrogens is 420 g/mol. The lowest BCUT2D eigenvalue weighted by atomic mass is 9.79. The van der Waals surface area contributed by atoms with E-state index in [0.29, 0.717) is 0 Å². The van der Waals surface area contributed by atoms with E-state index < -0.39 is 0 Å². The second-order valence-electron chi connectivity index (χ2n) is 8.30. The van der Waals surface area contributed by atoms with Crippen LogP contribution in [0.15, 0.2) is 121 Å². The Balaban J connectivity index is 1.81. The number of hydrogen-bond acceptors (Lipinski definition) is 3. The molecule has 34 heavy (non-hydrogen) atoms. The van der Waals surface area contributed by atoms with Crippen molar-refractivity contribution in [3.8, 4) is 39.5 Å². The van der Waals surface area contributed by atoms with Crippen molar-refractivity contribution < 1.29 is 15.3 Å². The molecule has 3 nitrogen and oxygen atoms in total. The number of benzene rings is 5. The molecule has 0 spiro atoms. The highest BCUT2D eigenvalue weighted by molar-refractivity contribution is 5.87. The molecule has 0 heterocycles. The van der Waals surface area contributed by atoms with Gasteiger partial charge >= 0.3 is 0 Å². The Morgan fingerprint density at radius 1 is 0.412 bits per heavy atom. The molecule has 1 atom stereocenters. The molecule has 3 N–H and O–H groups in total. The number of rotatable bonds is 5. The van der Waals surface area contributed by atoms with Gasteiger partial charge in [-0.1, -0.05) is 84.9 Å². The fraction of sp³-hybridized carbons (Fsp3) is 0.0323. The summed E-state index contributed by atoms with van der Waals surface area (Å²) in [7, 11) is 0. The molecule has 5 aromatic carbocycles. The molecule has 5 aromatic rings. The third-order valence-corrected chi connectivity index (χ3v) is 6.10. The second kappa shape index (κ2) is 9.16. The van der Waals surface area contributed by atoms with Gasteiger partial charge in [0.05, 0.1) is 0 Å². The highest BCUT2D eigenvalue weighted by atomic mass is 16.3. The standard InChI is InChI=1S/C31H24O3/c32-25-15-9-21(10-16-25)28-7-4-8-29(31(28)24-13-19-27(34)20-14-24)30(22-5-2-1-3-6-22)23-11-17-26(33)18-12-23/h1-20,30,32-34H. The zero-order valence-electron chi connectivity index (χ0n) is 18.5. The molecule has 0 radical (unpaired) electrons. The molecule has 5 rings (SSSR count). The molecular formula is C31H24O3. The minimum atomic E-state index is -0.0809. The van der Waals surface area contributed by atoms with Crippen LogP contribution in [-0.2, 0) is 0 Å². The molecule has 0 bridgehead atoms. The van der Waals surface area contributed by atoms with Gasteiger partial charge in [-0.15, -0.1) is 0 Å². The summed E-state index contributed by atoms with van der Waals surface area (Å²) >= 11 is 0. The van der Waals surface area contributed by atoms with Crippen LogP contribution in [0.25, 0.3) is 22.3 Å². The van der Waals surface area contributed by atoms with Crippen LogP contribution in [0.1, 0.15) is 22.6 Å². The first-order valence-electron chi connectivity index (χ1n) is 11.2. The van der Waals surface area contributed by atoms with Crippen LogP contribution in [0.5, 0.6) is 17.2 Å².